The zero-order valence-electron chi connectivity index (χ0n) is 29.5. The number of benzene rings is 4. The van der Waals surface area contributed by atoms with E-state index >= 15 is 0 Å². The van der Waals surface area contributed by atoms with Gasteiger partial charge in [-0.3, -0.25) is 0 Å². The summed E-state index contributed by atoms with van der Waals surface area (Å²) in [6.07, 6.45) is 8.05. The molecule has 0 spiro atoms. The molecule has 0 fully saturated rings. The molecule has 5 heterocycles. The van der Waals surface area contributed by atoms with Crippen LogP contribution in [-0.4, -0.2) is 34.2 Å². The lowest BCUT2D eigenvalue weighted by Gasteiger charge is -2.09. The number of H-pyrrole nitrogens is 2. The standard InChI is InChI=1S/C46H34N4O4/c1-51-31-13-17-33(18-14-31)53-45-39-25-21-35(47-39)43(29-9-5-3-6-10-29)37-23-27-41(49-37)46(54-34-19-15-32(52-2)16-20-34)42-28-24-38(50-42)44(30-11-7-4-8-12-30)36-22-26-40(45)48-36/h3-28,47,50H,1-2H3. The fraction of sp³-hybridized carbons (Fsp3) is 0.0435. The third-order valence-electron chi connectivity index (χ3n) is 9.34. The molecular weight excluding hydrogens is 673 g/mol. The maximum Gasteiger partial charge on any atom is 0.176 e. The van der Waals surface area contributed by atoms with Crippen LogP contribution in [0.4, 0.5) is 0 Å². The van der Waals surface area contributed by atoms with E-state index in [-0.39, 0.29) is 0 Å². The molecule has 0 atom stereocenters. The van der Waals surface area contributed by atoms with Gasteiger partial charge in [-0.25, -0.2) is 9.97 Å². The Morgan fingerprint density at radius 3 is 1.11 bits per heavy atom. The van der Waals surface area contributed by atoms with Crippen LogP contribution in [0.25, 0.3) is 68.6 Å². The van der Waals surface area contributed by atoms with E-state index in [2.05, 4.69) is 46.4 Å². The molecule has 8 bridgehead atoms. The molecule has 0 amide bonds. The van der Waals surface area contributed by atoms with E-state index in [4.69, 9.17) is 28.9 Å². The smallest absolute Gasteiger partial charge is 0.176 e. The third kappa shape index (κ3) is 6.26. The summed E-state index contributed by atoms with van der Waals surface area (Å²) in [5.74, 6) is 3.94. The van der Waals surface area contributed by atoms with Gasteiger partial charge >= 0.3 is 0 Å². The number of ether oxygens (including phenoxy) is 4. The molecule has 4 aromatic carbocycles. The molecule has 0 unspecified atom stereocenters. The van der Waals surface area contributed by atoms with Crippen molar-refractivity contribution in [3.63, 3.8) is 0 Å². The molecule has 2 N–H and O–H groups in total. The molecule has 8 heteroatoms. The summed E-state index contributed by atoms with van der Waals surface area (Å²) in [7, 11) is 3.29. The number of nitrogens with zero attached hydrogens (tertiary/aromatic N) is 2. The molecule has 0 aliphatic carbocycles. The summed E-state index contributed by atoms with van der Waals surface area (Å²) in [5.41, 5.74) is 10.0. The molecule has 9 rings (SSSR count). The van der Waals surface area contributed by atoms with Gasteiger partial charge < -0.3 is 28.9 Å². The van der Waals surface area contributed by atoms with Gasteiger partial charge in [-0.05, 0) is 108 Å². The van der Waals surface area contributed by atoms with Crippen molar-refractivity contribution in [2.24, 2.45) is 0 Å². The van der Waals surface area contributed by atoms with E-state index in [1.165, 1.54) is 0 Å². The Bertz CT molecular complexity index is 2520. The Morgan fingerprint density at radius 2 is 0.722 bits per heavy atom. The van der Waals surface area contributed by atoms with Gasteiger partial charge in [0.2, 0.25) is 0 Å². The van der Waals surface area contributed by atoms with Crippen LogP contribution in [0.1, 0.15) is 22.8 Å². The monoisotopic (exact) mass is 706 g/mol. The van der Waals surface area contributed by atoms with Crippen molar-refractivity contribution in [3.05, 3.63) is 156 Å². The number of aromatic nitrogens is 4. The molecule has 0 saturated carbocycles. The number of hydrogen-bond donors (Lipinski definition) is 2. The number of fused-ring (bicyclic) bond motifs is 8. The first-order chi connectivity index (χ1) is 26.6. The average Bonchev–Trinajstić information content (AvgIpc) is 4.07. The van der Waals surface area contributed by atoms with Crippen molar-refractivity contribution in [1.82, 2.24) is 19.9 Å². The van der Waals surface area contributed by atoms with Crippen LogP contribution >= 0.6 is 0 Å². The Kier molecular flexibility index (Phi) is 8.45. The van der Waals surface area contributed by atoms with Crippen LogP contribution in [0, 0.1) is 0 Å². The van der Waals surface area contributed by atoms with Gasteiger partial charge in [-0.2, -0.15) is 0 Å². The maximum absolute atomic E-state index is 6.68. The molecule has 2 aliphatic heterocycles. The molecule has 262 valence electrons. The number of aromatic amines is 2. The third-order valence-corrected chi connectivity index (χ3v) is 9.34. The lowest BCUT2D eigenvalue weighted by molar-refractivity contribution is 0.413. The lowest BCUT2D eigenvalue weighted by atomic mass is 10.0. The number of methoxy groups -OCH3 is 2. The number of hydrogen-bond acceptors (Lipinski definition) is 6. The predicted octanol–water partition coefficient (Wildman–Crippen LogP) is 11.6. The van der Waals surface area contributed by atoms with Gasteiger partial charge in [-0.1, -0.05) is 60.7 Å². The van der Waals surface area contributed by atoms with Gasteiger partial charge in [0.15, 0.2) is 11.5 Å². The Balaban J connectivity index is 1.37. The van der Waals surface area contributed by atoms with Gasteiger partial charge in [-0.15, -0.1) is 0 Å². The van der Waals surface area contributed by atoms with E-state index in [1.807, 2.05) is 121 Å². The van der Waals surface area contributed by atoms with Crippen molar-refractivity contribution in [2.75, 3.05) is 14.2 Å². The van der Waals surface area contributed by atoms with Crippen molar-refractivity contribution >= 4 is 46.4 Å². The lowest BCUT2D eigenvalue weighted by Crippen LogP contribution is -1.91. The van der Waals surface area contributed by atoms with Crippen molar-refractivity contribution < 1.29 is 18.9 Å². The molecule has 0 saturated heterocycles. The van der Waals surface area contributed by atoms with E-state index in [0.717, 1.165) is 67.2 Å². The SMILES string of the molecule is COc1ccc(Oc2c3nc(c(-c4ccccc4)c4ccc([nH]4)c(Oc4ccc(OC)cc4)c4nc(c(-c5ccccc5)c5ccc2[nH]5)C=C4)C=C3)cc1. The van der Waals surface area contributed by atoms with Crippen LogP contribution in [0.15, 0.2) is 133 Å². The largest absolute Gasteiger partial charge is 0.497 e. The van der Waals surface area contributed by atoms with Crippen LogP contribution in [-0.2, 0) is 0 Å². The van der Waals surface area contributed by atoms with E-state index in [1.54, 1.807) is 14.2 Å². The average molecular weight is 707 g/mol. The van der Waals surface area contributed by atoms with Crippen molar-refractivity contribution in [3.8, 4) is 56.8 Å². The van der Waals surface area contributed by atoms with E-state index in [0.29, 0.717) is 34.4 Å². The molecule has 2 aliphatic rings. The highest BCUT2D eigenvalue weighted by molar-refractivity contribution is 5.95. The second-order valence-electron chi connectivity index (χ2n) is 12.7. The van der Waals surface area contributed by atoms with Crippen molar-refractivity contribution in [2.45, 2.75) is 0 Å². The van der Waals surface area contributed by atoms with Crippen molar-refractivity contribution in [1.29, 1.82) is 0 Å². The van der Waals surface area contributed by atoms with Crippen LogP contribution < -0.4 is 18.9 Å². The summed E-state index contributed by atoms with van der Waals surface area (Å²) in [6.45, 7) is 0. The summed E-state index contributed by atoms with van der Waals surface area (Å²) in [6, 6.07) is 43.7. The topological polar surface area (TPSA) is 94.3 Å². The highest BCUT2D eigenvalue weighted by atomic mass is 16.5. The molecule has 0 radical (unpaired) electrons. The van der Waals surface area contributed by atoms with E-state index < -0.39 is 0 Å². The number of nitrogens with one attached hydrogen (secondary N) is 2. The number of rotatable bonds is 8. The van der Waals surface area contributed by atoms with Gasteiger partial charge in [0.25, 0.3) is 0 Å². The quantitative estimate of drug-likeness (QED) is 0.163. The van der Waals surface area contributed by atoms with Crippen LogP contribution in [0.5, 0.6) is 34.5 Å². The van der Waals surface area contributed by atoms with Gasteiger partial charge in [0.1, 0.15) is 34.4 Å². The minimum atomic E-state index is 0.580. The maximum atomic E-state index is 6.68. The minimum absolute atomic E-state index is 0.580. The van der Waals surface area contributed by atoms with Crippen LogP contribution in [0.2, 0.25) is 0 Å². The van der Waals surface area contributed by atoms with Gasteiger partial charge in [0, 0.05) is 22.2 Å². The van der Waals surface area contributed by atoms with Gasteiger partial charge in [0.05, 0.1) is 36.6 Å². The highest BCUT2D eigenvalue weighted by Gasteiger charge is 2.19. The second kappa shape index (κ2) is 14.0. The zero-order chi connectivity index (χ0) is 36.4. The van der Waals surface area contributed by atoms with E-state index in [9.17, 15) is 0 Å². The minimum Gasteiger partial charge on any atom is -0.497 e. The summed E-state index contributed by atoms with van der Waals surface area (Å²) >= 11 is 0. The zero-order valence-corrected chi connectivity index (χ0v) is 29.5. The summed E-state index contributed by atoms with van der Waals surface area (Å²) in [5, 5.41) is 0. The first-order valence-electron chi connectivity index (χ1n) is 17.5. The molecule has 3 aromatic heterocycles. The highest BCUT2D eigenvalue weighted by Crippen LogP contribution is 2.39. The Morgan fingerprint density at radius 1 is 0.370 bits per heavy atom. The van der Waals surface area contributed by atoms with Crippen LogP contribution in [0.3, 0.4) is 0 Å². The first kappa shape index (κ1) is 32.6. The normalized spacial score (nSPS) is 11.7. The molecular formula is C46H34N4O4. The summed E-state index contributed by atoms with van der Waals surface area (Å²) in [4.78, 5) is 17.8. The fourth-order valence-corrected chi connectivity index (χ4v) is 6.71. The summed E-state index contributed by atoms with van der Waals surface area (Å²) < 4.78 is 24.2. The molecule has 8 nitrogen and oxygen atoms in total. The fourth-order valence-electron chi connectivity index (χ4n) is 6.71. The molecule has 54 heavy (non-hydrogen) atoms. The first-order valence-corrected chi connectivity index (χ1v) is 17.5. The molecule has 7 aromatic rings. The Labute approximate surface area is 311 Å². The Hall–Kier alpha value is -7.32. The second-order valence-corrected chi connectivity index (χ2v) is 12.7. The predicted molar refractivity (Wildman–Crippen MR) is 216 cm³/mol.